The molecule has 0 spiro atoms. The van der Waals surface area contributed by atoms with E-state index in [1.165, 1.54) is 6.08 Å². The molecule has 0 saturated heterocycles. The highest BCUT2D eigenvalue weighted by Crippen LogP contribution is 1.83. The van der Waals surface area contributed by atoms with E-state index in [1.54, 1.807) is 13.0 Å². The van der Waals surface area contributed by atoms with Gasteiger partial charge in [-0.3, -0.25) is 0 Å². The Kier molecular flexibility index (Phi) is 11.8. The van der Waals surface area contributed by atoms with Gasteiger partial charge in [0.1, 0.15) is 5.76 Å². The van der Waals surface area contributed by atoms with Crippen molar-refractivity contribution < 1.29 is 5.11 Å². The lowest BCUT2D eigenvalue weighted by Crippen LogP contribution is -1.64. The van der Waals surface area contributed by atoms with E-state index in [-0.39, 0.29) is 5.76 Å². The van der Waals surface area contributed by atoms with Gasteiger partial charge in [-0.15, -0.1) is 13.2 Å². The van der Waals surface area contributed by atoms with Crippen molar-refractivity contribution in [3.63, 3.8) is 0 Å². The highest BCUT2D eigenvalue weighted by molar-refractivity contribution is 5.04. The minimum absolute atomic E-state index is 0.231. The topological polar surface area (TPSA) is 20.2 Å². The molecule has 0 rings (SSSR count). The first-order valence-corrected chi connectivity index (χ1v) is 2.29. The molecule has 1 nitrogen and oxygen atoms in total. The van der Waals surface area contributed by atoms with E-state index in [0.29, 0.717) is 0 Å². The normalized spacial score (nSPS) is 8.88. The van der Waals surface area contributed by atoms with Crippen LogP contribution in [0.4, 0.5) is 0 Å². The molecule has 0 radical (unpaired) electrons. The Morgan fingerprint density at radius 2 is 1.88 bits per heavy atom. The number of hydrogen-bond donors (Lipinski definition) is 1. The maximum atomic E-state index is 8.41. The SMILES string of the molecule is C=C.C=C/C(O)=C\C. The van der Waals surface area contributed by atoms with Crippen LogP contribution < -0.4 is 0 Å². The van der Waals surface area contributed by atoms with Gasteiger partial charge in [0.25, 0.3) is 0 Å². The molecule has 0 bridgehead atoms. The van der Waals surface area contributed by atoms with Crippen LogP contribution in [0.15, 0.2) is 37.6 Å². The molecule has 0 fully saturated rings. The van der Waals surface area contributed by atoms with Crippen LogP contribution >= 0.6 is 0 Å². The first kappa shape index (κ1) is 10.1. The van der Waals surface area contributed by atoms with Gasteiger partial charge >= 0.3 is 0 Å². The second-order valence-electron chi connectivity index (χ2n) is 0.918. The van der Waals surface area contributed by atoms with Crippen molar-refractivity contribution in [2.75, 3.05) is 0 Å². The van der Waals surface area contributed by atoms with E-state index >= 15 is 0 Å². The minimum atomic E-state index is 0.231. The van der Waals surface area contributed by atoms with Crippen molar-refractivity contribution in [2.24, 2.45) is 0 Å². The Labute approximate surface area is 50.7 Å². The zero-order chi connectivity index (χ0) is 6.99. The molecule has 1 N–H and O–H groups in total. The quantitative estimate of drug-likeness (QED) is 0.314. The fourth-order valence-corrected chi connectivity index (χ4v) is 0.118. The van der Waals surface area contributed by atoms with Crippen LogP contribution in [-0.4, -0.2) is 5.11 Å². The number of allylic oxidation sites excluding steroid dienone is 2. The summed E-state index contributed by atoms with van der Waals surface area (Å²) in [5.74, 6) is 0.231. The molecular weight excluding hydrogens is 100 g/mol. The van der Waals surface area contributed by atoms with Crippen molar-refractivity contribution in [2.45, 2.75) is 6.92 Å². The number of aliphatic hydroxyl groups is 1. The maximum Gasteiger partial charge on any atom is 0.110 e. The highest BCUT2D eigenvalue weighted by Gasteiger charge is 1.69. The zero-order valence-electron chi connectivity index (χ0n) is 5.22. The van der Waals surface area contributed by atoms with Gasteiger partial charge in [0, 0.05) is 0 Å². The molecule has 0 saturated carbocycles. The van der Waals surface area contributed by atoms with E-state index in [2.05, 4.69) is 19.7 Å². The van der Waals surface area contributed by atoms with Gasteiger partial charge in [-0.25, -0.2) is 0 Å². The Morgan fingerprint density at radius 1 is 1.50 bits per heavy atom. The minimum Gasteiger partial charge on any atom is -0.508 e. The van der Waals surface area contributed by atoms with Gasteiger partial charge in [0.15, 0.2) is 0 Å². The Balaban J connectivity index is 0. The molecule has 0 amide bonds. The lowest BCUT2D eigenvalue weighted by molar-refractivity contribution is 0.432. The smallest absolute Gasteiger partial charge is 0.110 e. The third kappa shape index (κ3) is 8.89. The highest BCUT2D eigenvalue weighted by atomic mass is 16.3. The Hall–Kier alpha value is -0.980. The summed E-state index contributed by atoms with van der Waals surface area (Å²) in [5, 5.41) is 8.41. The molecule has 0 unspecified atom stereocenters. The Bertz CT molecular complexity index is 82.4. The summed E-state index contributed by atoms with van der Waals surface area (Å²) in [6, 6.07) is 0. The molecule has 0 aromatic rings. The van der Waals surface area contributed by atoms with Gasteiger partial charge in [-0.05, 0) is 19.1 Å². The lowest BCUT2D eigenvalue weighted by atomic mass is 10.5. The number of aliphatic hydroxyl groups excluding tert-OH is 1. The van der Waals surface area contributed by atoms with E-state index in [4.69, 9.17) is 5.11 Å². The van der Waals surface area contributed by atoms with Crippen molar-refractivity contribution in [1.29, 1.82) is 0 Å². The summed E-state index contributed by atoms with van der Waals surface area (Å²) in [6.45, 7) is 11.1. The van der Waals surface area contributed by atoms with Gasteiger partial charge in [0.05, 0.1) is 0 Å². The summed E-state index contributed by atoms with van der Waals surface area (Å²) >= 11 is 0. The summed E-state index contributed by atoms with van der Waals surface area (Å²) in [4.78, 5) is 0. The van der Waals surface area contributed by atoms with Crippen LogP contribution in [0.3, 0.4) is 0 Å². The van der Waals surface area contributed by atoms with Crippen LogP contribution in [0.2, 0.25) is 0 Å². The molecule has 0 aliphatic heterocycles. The third-order valence-electron chi connectivity index (χ3n) is 0.505. The first-order valence-electron chi connectivity index (χ1n) is 2.29. The average molecular weight is 112 g/mol. The maximum absolute atomic E-state index is 8.41. The lowest BCUT2D eigenvalue weighted by Gasteiger charge is -1.78. The van der Waals surface area contributed by atoms with Crippen LogP contribution in [-0.2, 0) is 0 Å². The molecule has 0 aliphatic rings. The summed E-state index contributed by atoms with van der Waals surface area (Å²) in [7, 11) is 0. The van der Waals surface area contributed by atoms with Gasteiger partial charge in [-0.1, -0.05) is 6.58 Å². The molecular formula is C7H12O. The molecule has 46 valence electrons. The van der Waals surface area contributed by atoms with Gasteiger partial charge in [0.2, 0.25) is 0 Å². The molecule has 8 heavy (non-hydrogen) atoms. The van der Waals surface area contributed by atoms with Crippen molar-refractivity contribution in [3.05, 3.63) is 37.6 Å². The average Bonchev–Trinajstić information content (AvgIpc) is 1.91. The summed E-state index contributed by atoms with van der Waals surface area (Å²) in [6.07, 6.45) is 2.97. The molecule has 0 heterocycles. The van der Waals surface area contributed by atoms with Crippen LogP contribution in [0, 0.1) is 0 Å². The number of rotatable bonds is 1. The summed E-state index contributed by atoms with van der Waals surface area (Å²) in [5.41, 5.74) is 0. The van der Waals surface area contributed by atoms with Crippen LogP contribution in [0.1, 0.15) is 6.92 Å². The predicted molar refractivity (Wildman–Crippen MR) is 37.8 cm³/mol. The fourth-order valence-electron chi connectivity index (χ4n) is 0.118. The molecule has 0 aromatic heterocycles. The first-order chi connectivity index (χ1) is 3.81. The Morgan fingerprint density at radius 3 is 1.88 bits per heavy atom. The predicted octanol–water partition coefficient (Wildman–Crippen LogP) is 2.44. The molecule has 1 heteroatoms. The second kappa shape index (κ2) is 9.39. The third-order valence-corrected chi connectivity index (χ3v) is 0.505. The zero-order valence-corrected chi connectivity index (χ0v) is 5.22. The van der Waals surface area contributed by atoms with Crippen molar-refractivity contribution >= 4 is 0 Å². The van der Waals surface area contributed by atoms with Gasteiger partial charge < -0.3 is 5.11 Å². The van der Waals surface area contributed by atoms with Crippen molar-refractivity contribution in [1.82, 2.24) is 0 Å². The van der Waals surface area contributed by atoms with Crippen LogP contribution in [0.25, 0.3) is 0 Å². The standard InChI is InChI=1S/C5H8O.C2H4/c1-3-5(6)4-2;1-2/h3-4,6H,1H2,2H3;1-2H2/b5-4+;. The summed E-state index contributed by atoms with van der Waals surface area (Å²) < 4.78 is 0. The molecule has 0 aliphatic carbocycles. The van der Waals surface area contributed by atoms with Crippen LogP contribution in [0.5, 0.6) is 0 Å². The largest absolute Gasteiger partial charge is 0.508 e. The number of hydrogen-bond acceptors (Lipinski definition) is 1. The van der Waals surface area contributed by atoms with E-state index < -0.39 is 0 Å². The van der Waals surface area contributed by atoms with E-state index in [1.807, 2.05) is 0 Å². The molecule has 0 aromatic carbocycles. The fraction of sp³-hybridized carbons (Fsp3) is 0.143. The monoisotopic (exact) mass is 112 g/mol. The molecule has 0 atom stereocenters. The second-order valence-corrected chi connectivity index (χ2v) is 0.918. The van der Waals surface area contributed by atoms with Crippen molar-refractivity contribution in [3.8, 4) is 0 Å². The van der Waals surface area contributed by atoms with E-state index in [9.17, 15) is 0 Å². The van der Waals surface area contributed by atoms with E-state index in [0.717, 1.165) is 0 Å². The van der Waals surface area contributed by atoms with Gasteiger partial charge in [-0.2, -0.15) is 0 Å².